The zero-order valence-electron chi connectivity index (χ0n) is 20.5. The van der Waals surface area contributed by atoms with Gasteiger partial charge in [-0.2, -0.15) is 0 Å². The fraction of sp³-hybridized carbons (Fsp3) is 0.385. The second kappa shape index (κ2) is 11.1. The van der Waals surface area contributed by atoms with Crippen LogP contribution in [0.15, 0.2) is 36.7 Å². The number of benzene rings is 1. The molecule has 2 aliphatic heterocycles. The van der Waals surface area contributed by atoms with Gasteiger partial charge in [-0.1, -0.05) is 24.6 Å². The molecule has 2 aliphatic rings. The average molecular weight is 543 g/mol. The van der Waals surface area contributed by atoms with Crippen molar-refractivity contribution >= 4 is 56.5 Å². The van der Waals surface area contributed by atoms with E-state index in [1.807, 2.05) is 22.8 Å². The molecule has 0 saturated carbocycles. The van der Waals surface area contributed by atoms with Crippen LogP contribution in [0.4, 0.5) is 15.9 Å². The second-order valence-electron chi connectivity index (χ2n) is 9.11. The molecule has 3 aromatic rings. The van der Waals surface area contributed by atoms with E-state index in [9.17, 15) is 14.0 Å². The van der Waals surface area contributed by atoms with Gasteiger partial charge in [0.1, 0.15) is 22.8 Å². The van der Waals surface area contributed by atoms with Crippen molar-refractivity contribution in [2.75, 3.05) is 44.6 Å². The van der Waals surface area contributed by atoms with Crippen LogP contribution in [0.1, 0.15) is 23.8 Å². The standard InChI is InChI=1S/C26H28ClFN6O2S/c1-2-22(35)33-12-10-32(11-13-33)8-3-4-23(36)34-9-7-18-21(15-34)37-26-24(18)25(29-16-30-26)31-17-5-6-20(28)19(27)14-17/h3-6,14,16H,2,7-13,15H2,1H3,(H,29,30,31). The van der Waals surface area contributed by atoms with E-state index in [1.165, 1.54) is 18.5 Å². The number of hydrogen-bond donors (Lipinski definition) is 1. The lowest BCUT2D eigenvalue weighted by atomic mass is 10.0. The predicted molar refractivity (Wildman–Crippen MR) is 144 cm³/mol. The maximum Gasteiger partial charge on any atom is 0.246 e. The van der Waals surface area contributed by atoms with Gasteiger partial charge in [0.15, 0.2) is 0 Å². The number of thiophene rings is 1. The lowest BCUT2D eigenvalue weighted by Gasteiger charge is -2.34. The Balaban J connectivity index is 1.22. The molecule has 8 nitrogen and oxygen atoms in total. The Morgan fingerprint density at radius 1 is 1.16 bits per heavy atom. The number of nitrogens with zero attached hydrogens (tertiary/aromatic N) is 5. The normalized spacial score (nSPS) is 16.4. The Morgan fingerprint density at radius 2 is 1.97 bits per heavy atom. The van der Waals surface area contributed by atoms with Crippen LogP contribution < -0.4 is 5.32 Å². The molecular formula is C26H28ClFN6O2S. The molecule has 2 aromatic heterocycles. The molecule has 37 heavy (non-hydrogen) atoms. The van der Waals surface area contributed by atoms with E-state index < -0.39 is 5.82 Å². The van der Waals surface area contributed by atoms with Crippen LogP contribution in [0, 0.1) is 5.82 Å². The Labute approximate surface area is 223 Å². The monoisotopic (exact) mass is 542 g/mol. The highest BCUT2D eigenvalue weighted by molar-refractivity contribution is 7.19. The Morgan fingerprint density at radius 3 is 2.73 bits per heavy atom. The predicted octanol–water partition coefficient (Wildman–Crippen LogP) is 4.22. The Bertz CT molecular complexity index is 1350. The molecule has 0 bridgehead atoms. The first-order chi connectivity index (χ1) is 17.9. The highest BCUT2D eigenvalue weighted by Gasteiger charge is 2.26. The zero-order valence-corrected chi connectivity index (χ0v) is 22.1. The number of piperazine rings is 1. The van der Waals surface area contributed by atoms with E-state index in [0.29, 0.717) is 44.0 Å². The van der Waals surface area contributed by atoms with Crippen LogP contribution in [-0.4, -0.2) is 75.8 Å². The van der Waals surface area contributed by atoms with Crippen molar-refractivity contribution in [3.63, 3.8) is 0 Å². The smallest absolute Gasteiger partial charge is 0.246 e. The molecule has 1 saturated heterocycles. The fourth-order valence-corrected chi connectivity index (χ4v) is 6.12. The van der Waals surface area contributed by atoms with Crippen molar-refractivity contribution in [3.8, 4) is 0 Å². The number of nitrogens with one attached hydrogen (secondary N) is 1. The number of halogens is 2. The van der Waals surface area contributed by atoms with Crippen molar-refractivity contribution in [2.45, 2.75) is 26.3 Å². The molecule has 2 amide bonds. The van der Waals surface area contributed by atoms with Gasteiger partial charge in [-0.25, -0.2) is 14.4 Å². The summed E-state index contributed by atoms with van der Waals surface area (Å²) < 4.78 is 13.6. The Kier molecular flexibility index (Phi) is 7.68. The van der Waals surface area contributed by atoms with Crippen molar-refractivity contribution < 1.29 is 14.0 Å². The van der Waals surface area contributed by atoms with E-state index >= 15 is 0 Å². The van der Waals surface area contributed by atoms with Crippen LogP contribution in [0.25, 0.3) is 10.2 Å². The second-order valence-corrected chi connectivity index (χ2v) is 10.6. The van der Waals surface area contributed by atoms with Gasteiger partial charge in [-0.05, 0) is 30.2 Å². The molecule has 0 spiro atoms. The van der Waals surface area contributed by atoms with E-state index in [2.05, 4.69) is 20.2 Å². The van der Waals surface area contributed by atoms with E-state index in [4.69, 9.17) is 11.6 Å². The van der Waals surface area contributed by atoms with Crippen molar-refractivity contribution in [3.05, 3.63) is 58.0 Å². The fourth-order valence-electron chi connectivity index (χ4n) is 4.73. The van der Waals surface area contributed by atoms with Crippen LogP contribution >= 0.6 is 22.9 Å². The van der Waals surface area contributed by atoms with Crippen LogP contribution in [-0.2, 0) is 22.6 Å². The minimum atomic E-state index is -0.474. The summed E-state index contributed by atoms with van der Waals surface area (Å²) in [6.07, 6.45) is 6.32. The van der Waals surface area contributed by atoms with Gasteiger partial charge < -0.3 is 15.1 Å². The van der Waals surface area contributed by atoms with Gasteiger partial charge in [-0.15, -0.1) is 11.3 Å². The molecule has 0 radical (unpaired) electrons. The molecule has 1 N–H and O–H groups in total. The summed E-state index contributed by atoms with van der Waals surface area (Å²) in [5.74, 6) is 0.362. The van der Waals surface area contributed by atoms with Gasteiger partial charge in [0.2, 0.25) is 11.8 Å². The van der Waals surface area contributed by atoms with Gasteiger partial charge in [0, 0.05) is 62.3 Å². The maximum atomic E-state index is 13.6. The zero-order chi connectivity index (χ0) is 25.9. The molecule has 0 aliphatic carbocycles. The molecule has 1 aromatic carbocycles. The third kappa shape index (κ3) is 5.61. The number of hydrogen-bond acceptors (Lipinski definition) is 7. The van der Waals surface area contributed by atoms with Gasteiger partial charge in [0.05, 0.1) is 17.0 Å². The molecule has 5 rings (SSSR count). The average Bonchev–Trinajstić information content (AvgIpc) is 3.29. The molecular weight excluding hydrogens is 515 g/mol. The number of aromatic nitrogens is 2. The third-order valence-electron chi connectivity index (χ3n) is 6.78. The minimum absolute atomic E-state index is 0.00621. The third-order valence-corrected chi connectivity index (χ3v) is 8.20. The largest absolute Gasteiger partial charge is 0.340 e. The topological polar surface area (TPSA) is 81.7 Å². The van der Waals surface area contributed by atoms with Gasteiger partial charge in [-0.3, -0.25) is 14.5 Å². The number of anilines is 2. The van der Waals surface area contributed by atoms with Crippen molar-refractivity contribution in [1.82, 2.24) is 24.7 Å². The van der Waals surface area contributed by atoms with E-state index in [0.717, 1.165) is 46.8 Å². The Hall–Kier alpha value is -3.08. The summed E-state index contributed by atoms with van der Waals surface area (Å²) >= 11 is 7.50. The summed E-state index contributed by atoms with van der Waals surface area (Å²) in [6.45, 7) is 6.84. The first-order valence-electron chi connectivity index (χ1n) is 12.4. The quantitative estimate of drug-likeness (QED) is 0.470. The molecule has 194 valence electrons. The van der Waals surface area contributed by atoms with Crippen molar-refractivity contribution in [2.24, 2.45) is 0 Å². The number of rotatable bonds is 6. The number of amides is 2. The van der Waals surface area contributed by atoms with Gasteiger partial charge in [0.25, 0.3) is 0 Å². The molecule has 11 heteroatoms. The van der Waals surface area contributed by atoms with Crippen molar-refractivity contribution in [1.29, 1.82) is 0 Å². The van der Waals surface area contributed by atoms with Crippen LogP contribution in [0.3, 0.4) is 0 Å². The number of carbonyl (C=O) groups excluding carboxylic acids is 2. The summed E-state index contributed by atoms with van der Waals surface area (Å²) in [6, 6.07) is 4.46. The first-order valence-corrected chi connectivity index (χ1v) is 13.5. The molecule has 4 heterocycles. The van der Waals surface area contributed by atoms with Crippen LogP contribution in [0.5, 0.6) is 0 Å². The maximum absolute atomic E-state index is 13.6. The van der Waals surface area contributed by atoms with Gasteiger partial charge >= 0.3 is 0 Å². The highest BCUT2D eigenvalue weighted by atomic mass is 35.5. The van der Waals surface area contributed by atoms with Crippen LogP contribution in [0.2, 0.25) is 5.02 Å². The lowest BCUT2D eigenvalue weighted by Crippen LogP contribution is -2.48. The molecule has 1 fully saturated rings. The lowest BCUT2D eigenvalue weighted by molar-refractivity contribution is -0.132. The summed E-state index contributed by atoms with van der Waals surface area (Å²) in [5.41, 5.74) is 1.78. The molecule has 0 atom stereocenters. The number of carbonyl (C=O) groups is 2. The first kappa shape index (κ1) is 25.6. The van der Waals surface area contributed by atoms with E-state index in [-0.39, 0.29) is 16.8 Å². The molecule has 0 unspecified atom stereocenters. The summed E-state index contributed by atoms with van der Waals surface area (Å²) in [7, 11) is 0. The minimum Gasteiger partial charge on any atom is -0.340 e. The summed E-state index contributed by atoms with van der Waals surface area (Å²) in [4.78, 5) is 41.6. The number of fused-ring (bicyclic) bond motifs is 3. The van der Waals surface area contributed by atoms with E-state index in [1.54, 1.807) is 23.5 Å². The SMILES string of the molecule is CCC(=O)N1CCN(CC=CC(=O)N2CCc3c(sc4ncnc(Nc5ccc(F)c(Cl)c5)c34)C2)CC1. The summed E-state index contributed by atoms with van der Waals surface area (Å²) in [5, 5.41) is 4.22. The highest BCUT2D eigenvalue weighted by Crippen LogP contribution is 2.38.